The fraction of sp³-hybridized carbons (Fsp3) is 0.294. The third kappa shape index (κ3) is 3.03. The second-order valence-electron chi connectivity index (χ2n) is 5.31. The van der Waals surface area contributed by atoms with Gasteiger partial charge in [0.05, 0.1) is 11.0 Å². The Labute approximate surface area is 141 Å². The summed E-state index contributed by atoms with van der Waals surface area (Å²) in [6.45, 7) is 0.902. The van der Waals surface area contributed by atoms with Crippen LogP contribution in [0.15, 0.2) is 30.3 Å². The Bertz CT molecular complexity index is 886. The smallest absolute Gasteiger partial charge is 0.348 e. The van der Waals surface area contributed by atoms with E-state index in [4.69, 9.17) is 4.74 Å². The van der Waals surface area contributed by atoms with Gasteiger partial charge in [-0.2, -0.15) is 8.78 Å². The zero-order chi connectivity index (χ0) is 17.3. The first-order valence-electron chi connectivity index (χ1n) is 7.51. The van der Waals surface area contributed by atoms with Gasteiger partial charge in [0.15, 0.2) is 5.82 Å². The standard InChI is InChI=1S/C17H16F2N2O2S/c1-3-13-10(2)8-14(24-13)16(22)23-9-15-20-11-6-4-5-7-12(11)21(15)17(18)19/h4-8,17H,3,9H2,1-2H3. The maximum absolute atomic E-state index is 13.3. The molecule has 3 aromatic rings. The van der Waals surface area contributed by atoms with Crippen LogP contribution in [0.25, 0.3) is 11.0 Å². The highest BCUT2D eigenvalue weighted by molar-refractivity contribution is 7.14. The Morgan fingerprint density at radius 2 is 2.12 bits per heavy atom. The molecule has 0 aliphatic carbocycles. The Hall–Kier alpha value is -2.28. The maximum Gasteiger partial charge on any atom is 0.348 e. The number of para-hydroxylation sites is 2. The van der Waals surface area contributed by atoms with Gasteiger partial charge in [0.1, 0.15) is 11.5 Å². The number of aryl methyl sites for hydroxylation is 2. The van der Waals surface area contributed by atoms with Gasteiger partial charge in [-0.05, 0) is 37.1 Å². The third-order valence-corrected chi connectivity index (χ3v) is 5.10. The monoisotopic (exact) mass is 350 g/mol. The van der Waals surface area contributed by atoms with Crippen molar-refractivity contribution in [2.24, 2.45) is 0 Å². The van der Waals surface area contributed by atoms with Crippen LogP contribution >= 0.6 is 11.3 Å². The van der Waals surface area contributed by atoms with Gasteiger partial charge in [-0.25, -0.2) is 9.78 Å². The molecular weight excluding hydrogens is 334 g/mol. The number of carbonyl (C=O) groups excluding carboxylic acids is 1. The fourth-order valence-electron chi connectivity index (χ4n) is 2.59. The summed E-state index contributed by atoms with van der Waals surface area (Å²) in [6.07, 6.45) is 0.838. The molecule has 0 saturated heterocycles. The van der Waals surface area contributed by atoms with Crippen molar-refractivity contribution in [2.45, 2.75) is 33.4 Å². The number of aromatic nitrogens is 2. The molecular formula is C17H16F2N2O2S. The summed E-state index contributed by atoms with van der Waals surface area (Å²) in [5.41, 5.74) is 1.80. The lowest BCUT2D eigenvalue weighted by molar-refractivity contribution is 0.0392. The van der Waals surface area contributed by atoms with Crippen molar-refractivity contribution in [3.63, 3.8) is 0 Å². The second kappa shape index (κ2) is 6.68. The zero-order valence-electron chi connectivity index (χ0n) is 13.3. The van der Waals surface area contributed by atoms with Crippen molar-refractivity contribution in [2.75, 3.05) is 0 Å². The SMILES string of the molecule is CCc1sc(C(=O)OCc2nc3ccccc3n2C(F)F)cc1C. The van der Waals surface area contributed by atoms with Crippen LogP contribution in [0.3, 0.4) is 0 Å². The summed E-state index contributed by atoms with van der Waals surface area (Å²) < 4.78 is 32.6. The number of rotatable bonds is 5. The molecule has 0 spiro atoms. The number of hydrogen-bond donors (Lipinski definition) is 0. The van der Waals surface area contributed by atoms with E-state index in [2.05, 4.69) is 4.98 Å². The average Bonchev–Trinajstić information content (AvgIpc) is 3.12. The minimum Gasteiger partial charge on any atom is -0.453 e. The number of imidazole rings is 1. The first-order chi connectivity index (χ1) is 11.5. The number of ether oxygens (including phenoxy) is 1. The van der Waals surface area contributed by atoms with Crippen LogP contribution in [0.2, 0.25) is 0 Å². The highest BCUT2D eigenvalue weighted by Gasteiger charge is 2.20. The molecule has 0 atom stereocenters. The van der Waals surface area contributed by atoms with Crippen LogP contribution < -0.4 is 0 Å². The Morgan fingerprint density at radius 1 is 1.38 bits per heavy atom. The summed E-state index contributed by atoms with van der Waals surface area (Å²) in [4.78, 5) is 17.9. The number of hydrogen-bond acceptors (Lipinski definition) is 4. The number of esters is 1. The summed E-state index contributed by atoms with van der Waals surface area (Å²) in [6, 6.07) is 8.37. The summed E-state index contributed by atoms with van der Waals surface area (Å²) in [7, 11) is 0. The molecule has 24 heavy (non-hydrogen) atoms. The molecule has 3 rings (SSSR count). The lowest BCUT2D eigenvalue weighted by Gasteiger charge is -2.08. The topological polar surface area (TPSA) is 44.1 Å². The number of carbonyl (C=O) groups is 1. The van der Waals surface area contributed by atoms with Crippen molar-refractivity contribution in [3.8, 4) is 0 Å². The molecule has 7 heteroatoms. The predicted octanol–water partition coefficient (Wildman–Crippen LogP) is 4.72. The average molecular weight is 350 g/mol. The van der Waals surface area contributed by atoms with E-state index < -0.39 is 12.5 Å². The van der Waals surface area contributed by atoms with Crippen molar-refractivity contribution in [1.82, 2.24) is 9.55 Å². The summed E-state index contributed by atoms with van der Waals surface area (Å²) in [5.74, 6) is -0.487. The van der Waals surface area contributed by atoms with Gasteiger partial charge in [0, 0.05) is 4.88 Å². The molecule has 2 aromatic heterocycles. The summed E-state index contributed by atoms with van der Waals surface area (Å²) in [5, 5.41) is 0. The van der Waals surface area contributed by atoms with Crippen LogP contribution in [0, 0.1) is 6.92 Å². The molecule has 0 amide bonds. The Morgan fingerprint density at radius 3 is 2.79 bits per heavy atom. The molecule has 4 nitrogen and oxygen atoms in total. The Kier molecular flexibility index (Phi) is 4.62. The van der Waals surface area contributed by atoms with E-state index in [9.17, 15) is 13.6 Å². The Balaban J connectivity index is 1.82. The van der Waals surface area contributed by atoms with Crippen LogP contribution in [0.5, 0.6) is 0 Å². The zero-order valence-corrected chi connectivity index (χ0v) is 14.1. The van der Waals surface area contributed by atoms with E-state index in [1.54, 1.807) is 30.3 Å². The van der Waals surface area contributed by atoms with E-state index in [0.717, 1.165) is 21.4 Å². The van der Waals surface area contributed by atoms with Crippen molar-refractivity contribution < 1.29 is 18.3 Å². The molecule has 0 fully saturated rings. The number of fused-ring (bicyclic) bond motifs is 1. The van der Waals surface area contributed by atoms with Gasteiger partial charge in [-0.1, -0.05) is 19.1 Å². The molecule has 1 aromatic carbocycles. The van der Waals surface area contributed by atoms with E-state index in [1.807, 2.05) is 13.8 Å². The van der Waals surface area contributed by atoms with Crippen molar-refractivity contribution in [3.05, 3.63) is 51.5 Å². The summed E-state index contributed by atoms with van der Waals surface area (Å²) >= 11 is 1.37. The molecule has 0 aliphatic heterocycles. The quantitative estimate of drug-likeness (QED) is 0.625. The number of thiophene rings is 1. The predicted molar refractivity (Wildman–Crippen MR) is 88.5 cm³/mol. The minimum absolute atomic E-state index is 0.0311. The minimum atomic E-state index is -2.75. The highest BCUT2D eigenvalue weighted by atomic mass is 32.1. The molecule has 2 heterocycles. The lowest BCUT2D eigenvalue weighted by Crippen LogP contribution is -2.09. The number of alkyl halides is 2. The van der Waals surface area contributed by atoms with Gasteiger partial charge in [-0.15, -0.1) is 11.3 Å². The number of benzene rings is 1. The first kappa shape index (κ1) is 16.6. The maximum atomic E-state index is 13.3. The van der Waals surface area contributed by atoms with Gasteiger partial charge >= 0.3 is 12.5 Å². The van der Waals surface area contributed by atoms with E-state index >= 15 is 0 Å². The van der Waals surface area contributed by atoms with Gasteiger partial charge < -0.3 is 4.74 Å². The molecule has 0 aliphatic rings. The number of halogens is 2. The second-order valence-corrected chi connectivity index (χ2v) is 6.45. The molecule has 0 radical (unpaired) electrons. The first-order valence-corrected chi connectivity index (χ1v) is 8.33. The van der Waals surface area contributed by atoms with E-state index in [0.29, 0.717) is 15.9 Å². The third-order valence-electron chi connectivity index (χ3n) is 3.74. The van der Waals surface area contributed by atoms with Crippen LogP contribution in [-0.2, 0) is 17.8 Å². The van der Waals surface area contributed by atoms with Gasteiger partial charge in [-0.3, -0.25) is 4.57 Å². The largest absolute Gasteiger partial charge is 0.453 e. The lowest BCUT2D eigenvalue weighted by atomic mass is 10.2. The van der Waals surface area contributed by atoms with Crippen molar-refractivity contribution >= 4 is 28.3 Å². The molecule has 126 valence electrons. The normalized spacial score (nSPS) is 11.4. The molecule has 0 bridgehead atoms. The van der Waals surface area contributed by atoms with Crippen molar-refractivity contribution in [1.29, 1.82) is 0 Å². The number of nitrogens with zero attached hydrogens (tertiary/aromatic N) is 2. The van der Waals surface area contributed by atoms with E-state index in [-0.39, 0.29) is 12.4 Å². The fourth-order valence-corrected chi connectivity index (χ4v) is 3.59. The van der Waals surface area contributed by atoms with Gasteiger partial charge in [0.25, 0.3) is 0 Å². The molecule has 0 unspecified atom stereocenters. The van der Waals surface area contributed by atoms with Crippen LogP contribution in [0.4, 0.5) is 8.78 Å². The van der Waals surface area contributed by atoms with Crippen LogP contribution in [-0.4, -0.2) is 15.5 Å². The van der Waals surface area contributed by atoms with E-state index in [1.165, 1.54) is 11.3 Å². The molecule has 0 N–H and O–H groups in total. The highest BCUT2D eigenvalue weighted by Crippen LogP contribution is 2.25. The van der Waals surface area contributed by atoms with Gasteiger partial charge in [0.2, 0.25) is 0 Å². The van der Waals surface area contributed by atoms with Crippen LogP contribution in [0.1, 0.15) is 39.4 Å². The molecule has 0 saturated carbocycles.